The lowest BCUT2D eigenvalue weighted by atomic mass is 10.0. The molecule has 2 aliphatic rings. The van der Waals surface area contributed by atoms with E-state index in [9.17, 15) is 19.3 Å². The standard InChI is InChI=1S/C24H28ClFN4O4/c1-16-15-29(11-12-34-16)22(23-18(25)5-4-6-19(23)26)14-27-24(31)17-7-8-20(21(13-17)30(32)33)28-9-2-3-10-28/h4-8,13,16,22H,2-3,9-12,14-15H2,1H3,(H,27,31). The van der Waals surface area contributed by atoms with Gasteiger partial charge in [-0.25, -0.2) is 4.39 Å². The number of halogens is 2. The summed E-state index contributed by atoms with van der Waals surface area (Å²) in [7, 11) is 0. The number of nitrogens with one attached hydrogen (secondary N) is 1. The Morgan fingerprint density at radius 2 is 2.06 bits per heavy atom. The molecule has 0 saturated carbocycles. The van der Waals surface area contributed by atoms with Crippen molar-refractivity contribution < 1.29 is 18.8 Å². The number of rotatable bonds is 7. The fraction of sp³-hybridized carbons (Fsp3) is 0.458. The summed E-state index contributed by atoms with van der Waals surface area (Å²) in [5.74, 6) is -0.911. The van der Waals surface area contributed by atoms with E-state index in [-0.39, 0.29) is 28.9 Å². The van der Waals surface area contributed by atoms with E-state index in [2.05, 4.69) is 5.32 Å². The lowest BCUT2D eigenvalue weighted by molar-refractivity contribution is -0.384. The number of benzene rings is 2. The van der Waals surface area contributed by atoms with Crippen LogP contribution in [0, 0.1) is 15.9 Å². The van der Waals surface area contributed by atoms with Crippen molar-refractivity contribution in [3.63, 3.8) is 0 Å². The van der Waals surface area contributed by atoms with Crippen LogP contribution >= 0.6 is 11.6 Å². The lowest BCUT2D eigenvalue weighted by Gasteiger charge is -2.38. The summed E-state index contributed by atoms with van der Waals surface area (Å²) in [5.41, 5.74) is 0.930. The second-order valence-corrected chi connectivity index (χ2v) is 9.10. The van der Waals surface area contributed by atoms with Gasteiger partial charge in [-0.2, -0.15) is 0 Å². The van der Waals surface area contributed by atoms with Gasteiger partial charge in [0.15, 0.2) is 0 Å². The summed E-state index contributed by atoms with van der Waals surface area (Å²) in [6.07, 6.45) is 1.93. The predicted molar refractivity (Wildman–Crippen MR) is 128 cm³/mol. The van der Waals surface area contributed by atoms with Crippen LogP contribution in [0.3, 0.4) is 0 Å². The van der Waals surface area contributed by atoms with Gasteiger partial charge < -0.3 is 15.0 Å². The van der Waals surface area contributed by atoms with Crippen LogP contribution in [0.4, 0.5) is 15.8 Å². The second kappa shape index (κ2) is 10.7. The minimum Gasteiger partial charge on any atom is -0.376 e. The van der Waals surface area contributed by atoms with Gasteiger partial charge in [0.2, 0.25) is 0 Å². The molecule has 182 valence electrons. The van der Waals surface area contributed by atoms with Gasteiger partial charge in [0.05, 0.1) is 23.7 Å². The van der Waals surface area contributed by atoms with Crippen molar-refractivity contribution in [1.82, 2.24) is 10.2 Å². The van der Waals surface area contributed by atoms with Gasteiger partial charge in [-0.15, -0.1) is 0 Å². The minimum absolute atomic E-state index is 0.0433. The number of carbonyl (C=O) groups excluding carboxylic acids is 1. The topological polar surface area (TPSA) is 88.0 Å². The number of morpholine rings is 1. The van der Waals surface area contributed by atoms with Gasteiger partial charge in [-0.05, 0) is 44.0 Å². The molecule has 0 spiro atoms. The molecule has 0 radical (unpaired) electrons. The Kier molecular flexibility index (Phi) is 7.65. The highest BCUT2D eigenvalue weighted by Gasteiger charge is 2.30. The predicted octanol–water partition coefficient (Wildman–Crippen LogP) is 4.18. The van der Waals surface area contributed by atoms with Crippen LogP contribution < -0.4 is 10.2 Å². The third-order valence-electron chi connectivity index (χ3n) is 6.38. The van der Waals surface area contributed by atoms with E-state index in [1.165, 1.54) is 12.1 Å². The molecule has 10 heteroatoms. The zero-order valence-electron chi connectivity index (χ0n) is 19.0. The molecule has 0 bridgehead atoms. The first-order valence-electron chi connectivity index (χ1n) is 11.5. The maximum Gasteiger partial charge on any atom is 0.293 e. The van der Waals surface area contributed by atoms with E-state index < -0.39 is 22.7 Å². The molecule has 2 unspecified atom stereocenters. The Labute approximate surface area is 202 Å². The summed E-state index contributed by atoms with van der Waals surface area (Å²) >= 11 is 6.36. The molecule has 1 amide bonds. The minimum atomic E-state index is -0.511. The molecule has 1 N–H and O–H groups in total. The second-order valence-electron chi connectivity index (χ2n) is 8.69. The molecule has 2 heterocycles. The van der Waals surface area contributed by atoms with Crippen molar-refractivity contribution in [2.45, 2.75) is 31.9 Å². The molecular formula is C24H28ClFN4O4. The van der Waals surface area contributed by atoms with E-state index in [1.807, 2.05) is 16.7 Å². The Morgan fingerprint density at radius 1 is 1.29 bits per heavy atom. The highest BCUT2D eigenvalue weighted by atomic mass is 35.5. The van der Waals surface area contributed by atoms with Gasteiger partial charge >= 0.3 is 0 Å². The van der Waals surface area contributed by atoms with Crippen molar-refractivity contribution in [3.8, 4) is 0 Å². The molecule has 2 fully saturated rings. The number of anilines is 1. The number of ether oxygens (including phenoxy) is 1. The zero-order chi connectivity index (χ0) is 24.2. The highest BCUT2D eigenvalue weighted by molar-refractivity contribution is 6.31. The Hall–Kier alpha value is -2.75. The monoisotopic (exact) mass is 490 g/mol. The molecule has 2 atom stereocenters. The van der Waals surface area contributed by atoms with Gasteiger partial charge in [-0.3, -0.25) is 19.8 Å². The molecule has 2 aromatic rings. The van der Waals surface area contributed by atoms with Crippen LogP contribution in [0.5, 0.6) is 0 Å². The van der Waals surface area contributed by atoms with Gasteiger partial charge in [0, 0.05) is 54.9 Å². The van der Waals surface area contributed by atoms with E-state index in [0.29, 0.717) is 30.9 Å². The maximum atomic E-state index is 14.8. The quantitative estimate of drug-likeness (QED) is 0.462. The molecule has 4 rings (SSSR count). The number of hydrogen-bond donors (Lipinski definition) is 1. The number of nitro groups is 1. The molecule has 2 aliphatic heterocycles. The third kappa shape index (κ3) is 5.32. The van der Waals surface area contributed by atoms with Crippen LogP contribution in [0.1, 0.15) is 41.7 Å². The fourth-order valence-corrected chi connectivity index (χ4v) is 4.99. The molecule has 2 saturated heterocycles. The summed E-state index contributed by atoms with van der Waals surface area (Å²) in [4.78, 5) is 28.2. The number of nitro benzene ring substituents is 1. The molecular weight excluding hydrogens is 463 g/mol. The van der Waals surface area contributed by atoms with Gasteiger partial charge in [-0.1, -0.05) is 17.7 Å². The van der Waals surface area contributed by atoms with Crippen molar-refractivity contribution in [3.05, 3.63) is 68.5 Å². The van der Waals surface area contributed by atoms with Gasteiger partial charge in [0.25, 0.3) is 11.6 Å². The Balaban J connectivity index is 1.56. The average Bonchev–Trinajstić information content (AvgIpc) is 3.35. The lowest BCUT2D eigenvalue weighted by Crippen LogP contribution is -2.47. The molecule has 8 nitrogen and oxygen atoms in total. The van der Waals surface area contributed by atoms with Crippen LogP contribution in [0.15, 0.2) is 36.4 Å². The van der Waals surface area contributed by atoms with Crippen LogP contribution in [0.25, 0.3) is 0 Å². The third-order valence-corrected chi connectivity index (χ3v) is 6.71. The van der Waals surface area contributed by atoms with Crippen LogP contribution in [-0.4, -0.2) is 61.2 Å². The number of nitrogens with zero attached hydrogens (tertiary/aromatic N) is 3. The summed E-state index contributed by atoms with van der Waals surface area (Å²) in [5, 5.41) is 14.8. The zero-order valence-corrected chi connectivity index (χ0v) is 19.8. The first kappa shape index (κ1) is 24.4. The Morgan fingerprint density at radius 3 is 2.74 bits per heavy atom. The summed E-state index contributed by atoms with van der Waals surface area (Å²) in [6.45, 7) is 5.15. The molecule has 34 heavy (non-hydrogen) atoms. The molecule has 0 aromatic heterocycles. The van der Waals surface area contributed by atoms with Crippen molar-refractivity contribution in [2.24, 2.45) is 0 Å². The van der Waals surface area contributed by atoms with Gasteiger partial charge in [0.1, 0.15) is 11.5 Å². The fourth-order valence-electron chi connectivity index (χ4n) is 4.70. The molecule has 2 aromatic carbocycles. The van der Waals surface area contributed by atoms with Crippen LogP contribution in [0.2, 0.25) is 5.02 Å². The number of hydrogen-bond acceptors (Lipinski definition) is 6. The first-order valence-corrected chi connectivity index (χ1v) is 11.8. The SMILES string of the molecule is CC1CN(C(CNC(=O)c2ccc(N3CCCC3)c([N+](=O)[O-])c2)c2c(F)cccc2Cl)CCO1. The summed E-state index contributed by atoms with van der Waals surface area (Å²) in [6, 6.07) is 8.54. The van der Waals surface area contributed by atoms with E-state index in [0.717, 1.165) is 25.9 Å². The van der Waals surface area contributed by atoms with E-state index in [1.54, 1.807) is 24.3 Å². The van der Waals surface area contributed by atoms with Crippen molar-refractivity contribution in [2.75, 3.05) is 44.2 Å². The first-order chi connectivity index (χ1) is 16.3. The number of carbonyl (C=O) groups is 1. The Bertz CT molecular complexity index is 1040. The van der Waals surface area contributed by atoms with E-state index in [4.69, 9.17) is 16.3 Å². The smallest absolute Gasteiger partial charge is 0.293 e. The summed E-state index contributed by atoms with van der Waals surface area (Å²) < 4.78 is 20.4. The average molecular weight is 491 g/mol. The largest absolute Gasteiger partial charge is 0.376 e. The highest BCUT2D eigenvalue weighted by Crippen LogP contribution is 2.33. The van der Waals surface area contributed by atoms with Crippen molar-refractivity contribution >= 4 is 28.9 Å². The van der Waals surface area contributed by atoms with E-state index >= 15 is 0 Å². The van der Waals surface area contributed by atoms with Crippen molar-refractivity contribution in [1.29, 1.82) is 0 Å². The number of amides is 1. The maximum absolute atomic E-state index is 14.8. The normalized spacial score (nSPS) is 19.7. The van der Waals surface area contributed by atoms with Crippen LogP contribution in [-0.2, 0) is 4.74 Å². The molecule has 0 aliphatic carbocycles.